The van der Waals surface area contributed by atoms with Crippen molar-refractivity contribution >= 4 is 11.6 Å². The van der Waals surface area contributed by atoms with Gasteiger partial charge in [0.15, 0.2) is 5.75 Å². The molecular weight excluding hydrogens is 350 g/mol. The van der Waals surface area contributed by atoms with Crippen molar-refractivity contribution < 1.29 is 19.2 Å². The number of benzene rings is 1. The fourth-order valence-electron chi connectivity index (χ4n) is 3.58. The summed E-state index contributed by atoms with van der Waals surface area (Å²) in [6.07, 6.45) is 4.32. The summed E-state index contributed by atoms with van der Waals surface area (Å²) < 4.78 is 11.4. The second-order valence-corrected chi connectivity index (χ2v) is 7.03. The zero-order valence-corrected chi connectivity index (χ0v) is 15.5. The summed E-state index contributed by atoms with van der Waals surface area (Å²) in [5.41, 5.74) is -0.0451. The van der Waals surface area contributed by atoms with Crippen molar-refractivity contribution in [3.63, 3.8) is 0 Å². The number of carbonyl (C=O) groups is 1. The van der Waals surface area contributed by atoms with Gasteiger partial charge in [-0.3, -0.25) is 19.8 Å². The van der Waals surface area contributed by atoms with Crippen molar-refractivity contribution in [1.82, 2.24) is 9.80 Å². The second-order valence-electron chi connectivity index (χ2n) is 7.03. The van der Waals surface area contributed by atoms with Crippen LogP contribution in [0.4, 0.5) is 5.69 Å². The minimum Gasteiger partial charge on any atom is -0.485 e. The van der Waals surface area contributed by atoms with E-state index >= 15 is 0 Å². The van der Waals surface area contributed by atoms with Gasteiger partial charge in [0.2, 0.25) is 5.91 Å². The molecule has 2 aliphatic heterocycles. The topological polar surface area (TPSA) is 85.2 Å². The highest BCUT2D eigenvalue weighted by Crippen LogP contribution is 2.25. The number of hydrogen-bond donors (Lipinski definition) is 0. The summed E-state index contributed by atoms with van der Waals surface area (Å²) in [6.45, 7) is 4.25. The molecule has 8 heteroatoms. The van der Waals surface area contributed by atoms with E-state index in [1.165, 1.54) is 6.07 Å². The molecule has 27 heavy (non-hydrogen) atoms. The summed E-state index contributed by atoms with van der Waals surface area (Å²) in [5.74, 6) is 0.390. The predicted octanol–water partition coefficient (Wildman–Crippen LogP) is 2.08. The van der Waals surface area contributed by atoms with Crippen LogP contribution >= 0.6 is 0 Å². The molecule has 148 valence electrons. The number of nitro benzene ring substituents is 1. The quantitative estimate of drug-likeness (QED) is 0.484. The van der Waals surface area contributed by atoms with Gasteiger partial charge in [0.25, 0.3) is 0 Å². The second kappa shape index (κ2) is 9.66. The van der Waals surface area contributed by atoms with Crippen molar-refractivity contribution in [2.24, 2.45) is 0 Å². The maximum absolute atomic E-state index is 12.5. The first-order valence-electron chi connectivity index (χ1n) is 9.61. The molecule has 0 spiro atoms. The van der Waals surface area contributed by atoms with Crippen LogP contribution in [0.3, 0.4) is 0 Å². The minimum absolute atomic E-state index is 0.0451. The largest absolute Gasteiger partial charge is 0.485 e. The van der Waals surface area contributed by atoms with E-state index in [1.807, 2.05) is 9.80 Å². The molecule has 0 N–H and O–H groups in total. The molecule has 0 aliphatic carbocycles. The van der Waals surface area contributed by atoms with Gasteiger partial charge in [-0.2, -0.15) is 0 Å². The van der Waals surface area contributed by atoms with Crippen LogP contribution in [0.15, 0.2) is 24.3 Å². The summed E-state index contributed by atoms with van der Waals surface area (Å²) in [6, 6.07) is 6.35. The molecule has 1 amide bonds. The monoisotopic (exact) mass is 377 g/mol. The minimum atomic E-state index is -0.448. The van der Waals surface area contributed by atoms with Crippen molar-refractivity contribution in [3.8, 4) is 5.75 Å². The highest BCUT2D eigenvalue weighted by Gasteiger charge is 2.24. The van der Waals surface area contributed by atoms with Gasteiger partial charge in [-0.1, -0.05) is 12.1 Å². The van der Waals surface area contributed by atoms with Crippen molar-refractivity contribution in [1.29, 1.82) is 0 Å². The van der Waals surface area contributed by atoms with Crippen LogP contribution in [0.2, 0.25) is 0 Å². The zero-order valence-electron chi connectivity index (χ0n) is 15.5. The molecule has 2 heterocycles. The fourth-order valence-corrected chi connectivity index (χ4v) is 3.58. The van der Waals surface area contributed by atoms with Crippen LogP contribution in [0, 0.1) is 10.1 Å². The average molecular weight is 377 g/mol. The molecule has 8 nitrogen and oxygen atoms in total. The number of rotatable bonds is 9. The van der Waals surface area contributed by atoms with E-state index in [9.17, 15) is 14.9 Å². The Hall–Kier alpha value is -2.19. The molecule has 2 aliphatic rings. The lowest BCUT2D eigenvalue weighted by atomic mass is 10.2. The van der Waals surface area contributed by atoms with Crippen LogP contribution in [0.5, 0.6) is 5.75 Å². The number of likely N-dealkylation sites (tertiary alicyclic amines) is 1. The Labute approximate surface area is 159 Å². The van der Waals surface area contributed by atoms with Gasteiger partial charge < -0.3 is 14.4 Å². The maximum atomic E-state index is 12.5. The van der Waals surface area contributed by atoms with Crippen LogP contribution in [0.1, 0.15) is 25.7 Å². The first kappa shape index (κ1) is 19.6. The molecule has 1 aromatic rings. The van der Waals surface area contributed by atoms with E-state index in [2.05, 4.69) is 0 Å². The summed E-state index contributed by atoms with van der Waals surface area (Å²) in [5, 5.41) is 11.1. The molecule has 0 saturated carbocycles. The first-order valence-corrected chi connectivity index (χ1v) is 9.61. The number of para-hydroxylation sites is 2. The lowest BCUT2D eigenvalue weighted by molar-refractivity contribution is -0.385. The molecule has 1 atom stereocenters. The third-order valence-corrected chi connectivity index (χ3v) is 5.03. The van der Waals surface area contributed by atoms with Gasteiger partial charge in [-0.25, -0.2) is 0 Å². The first-order chi connectivity index (χ1) is 13.1. The van der Waals surface area contributed by atoms with E-state index < -0.39 is 4.92 Å². The lowest BCUT2D eigenvalue weighted by Gasteiger charge is -2.26. The normalized spacial score (nSPS) is 19.6. The van der Waals surface area contributed by atoms with Gasteiger partial charge in [0, 0.05) is 38.9 Å². The maximum Gasteiger partial charge on any atom is 0.310 e. The number of nitro groups is 1. The standard InChI is InChI=1S/C19H27N3O5/c23-19(21-9-3-4-10-21)15-20(14-16-6-5-12-26-16)11-13-27-18-8-2-1-7-17(18)22(24)25/h1-2,7-8,16H,3-6,9-15H2/t16-/m0/s1. The Kier molecular flexibility index (Phi) is 7.00. The molecule has 0 unspecified atom stereocenters. The Morgan fingerprint density at radius 3 is 2.78 bits per heavy atom. The van der Waals surface area contributed by atoms with Gasteiger partial charge in [0.05, 0.1) is 17.6 Å². The molecule has 3 rings (SSSR count). The van der Waals surface area contributed by atoms with Gasteiger partial charge in [-0.05, 0) is 31.7 Å². The predicted molar refractivity (Wildman–Crippen MR) is 99.8 cm³/mol. The SMILES string of the molecule is O=C(CN(CCOc1ccccc1[N+](=O)[O-])C[C@@H]1CCCO1)N1CCCC1. The number of hydrogen-bond acceptors (Lipinski definition) is 6. The van der Waals surface area contributed by atoms with Crippen LogP contribution in [-0.4, -0.2) is 72.7 Å². The van der Waals surface area contributed by atoms with Crippen LogP contribution < -0.4 is 4.74 Å². The van der Waals surface area contributed by atoms with Crippen LogP contribution in [0.25, 0.3) is 0 Å². The Balaban J connectivity index is 1.55. The number of carbonyl (C=O) groups excluding carboxylic acids is 1. The Morgan fingerprint density at radius 1 is 1.30 bits per heavy atom. The van der Waals surface area contributed by atoms with E-state index in [0.29, 0.717) is 19.6 Å². The third-order valence-electron chi connectivity index (χ3n) is 5.03. The number of nitrogens with zero attached hydrogens (tertiary/aromatic N) is 3. The molecule has 2 saturated heterocycles. The smallest absolute Gasteiger partial charge is 0.310 e. The van der Waals surface area contributed by atoms with E-state index in [1.54, 1.807) is 18.2 Å². The number of ether oxygens (including phenoxy) is 2. The molecule has 0 radical (unpaired) electrons. The third kappa shape index (κ3) is 5.64. The summed E-state index contributed by atoms with van der Waals surface area (Å²) >= 11 is 0. The molecular formula is C19H27N3O5. The lowest BCUT2D eigenvalue weighted by Crippen LogP contribution is -2.43. The molecule has 0 aromatic heterocycles. The molecule has 1 aromatic carbocycles. The summed E-state index contributed by atoms with van der Waals surface area (Å²) in [4.78, 5) is 27.1. The molecule has 2 fully saturated rings. The van der Waals surface area contributed by atoms with Gasteiger partial charge >= 0.3 is 5.69 Å². The van der Waals surface area contributed by atoms with Crippen LogP contribution in [-0.2, 0) is 9.53 Å². The van der Waals surface area contributed by atoms with E-state index in [-0.39, 0.29) is 30.1 Å². The van der Waals surface area contributed by atoms with E-state index in [4.69, 9.17) is 9.47 Å². The molecule has 0 bridgehead atoms. The average Bonchev–Trinajstić information content (AvgIpc) is 3.36. The Bertz CT molecular complexity index is 642. The number of amides is 1. The van der Waals surface area contributed by atoms with Gasteiger partial charge in [0.1, 0.15) is 6.61 Å². The highest BCUT2D eigenvalue weighted by atomic mass is 16.6. The van der Waals surface area contributed by atoms with Crippen molar-refractivity contribution in [3.05, 3.63) is 34.4 Å². The van der Waals surface area contributed by atoms with Crippen molar-refractivity contribution in [2.75, 3.05) is 45.9 Å². The zero-order chi connectivity index (χ0) is 19.1. The van der Waals surface area contributed by atoms with Crippen molar-refractivity contribution in [2.45, 2.75) is 31.8 Å². The summed E-state index contributed by atoms with van der Waals surface area (Å²) in [7, 11) is 0. The highest BCUT2D eigenvalue weighted by molar-refractivity contribution is 5.78. The van der Waals surface area contributed by atoms with Gasteiger partial charge in [-0.15, -0.1) is 0 Å². The Morgan fingerprint density at radius 2 is 2.07 bits per heavy atom. The van der Waals surface area contributed by atoms with E-state index in [0.717, 1.165) is 45.4 Å². The fraction of sp³-hybridized carbons (Fsp3) is 0.632.